The summed E-state index contributed by atoms with van der Waals surface area (Å²) >= 11 is 0. The molecule has 1 aliphatic carbocycles. The molecule has 0 radical (unpaired) electrons. The third kappa shape index (κ3) is 5.62. The van der Waals surface area contributed by atoms with Crippen LogP contribution in [0.5, 0.6) is 0 Å². The Kier molecular flexibility index (Phi) is 5.80. The first kappa shape index (κ1) is 18.6. The fraction of sp³-hybridized carbons (Fsp3) is 0.500. The first-order valence-electron chi connectivity index (χ1n) is 4.33. The Hall–Kier alpha value is -0.410. The fourth-order valence-electron chi connectivity index (χ4n) is 1.20. The summed E-state index contributed by atoms with van der Waals surface area (Å²) in [5.41, 5.74) is -3.71. The van der Waals surface area contributed by atoms with E-state index in [2.05, 4.69) is 21.4 Å². The monoisotopic (exact) mass is 350 g/mol. The Bertz CT molecular complexity index is 441. The summed E-state index contributed by atoms with van der Waals surface area (Å²) in [6.45, 7) is 0. The Morgan fingerprint density at radius 2 is 1.32 bits per heavy atom. The summed E-state index contributed by atoms with van der Waals surface area (Å²) in [5.74, 6) is 0. The Balaban J connectivity index is 0.000000555. The third-order valence-electron chi connectivity index (χ3n) is 2.08. The quantitative estimate of drug-likeness (QED) is 0.481. The highest BCUT2D eigenvalue weighted by Gasteiger charge is 2.68. The standard InChI is InChI=1S/C8H6F6.Cl2O2S/c9-7(10,11)6(8(12,13)14)4-2-1-3-5-6;1-5(2,3)4/h1-4H,5H2;. The van der Waals surface area contributed by atoms with Crippen molar-refractivity contribution in [2.24, 2.45) is 5.41 Å². The van der Waals surface area contributed by atoms with Crippen molar-refractivity contribution >= 4 is 29.6 Å². The average molecular weight is 351 g/mol. The van der Waals surface area contributed by atoms with Crippen molar-refractivity contribution in [1.29, 1.82) is 0 Å². The van der Waals surface area contributed by atoms with Gasteiger partial charge in [0, 0.05) is 21.4 Å². The van der Waals surface area contributed by atoms with Crippen LogP contribution >= 0.6 is 21.4 Å². The molecule has 0 aromatic carbocycles. The van der Waals surface area contributed by atoms with Crippen LogP contribution in [0.4, 0.5) is 26.3 Å². The zero-order chi connectivity index (χ0) is 15.5. The third-order valence-corrected chi connectivity index (χ3v) is 2.08. The molecule has 0 saturated carbocycles. The molecule has 0 atom stereocenters. The Morgan fingerprint density at radius 3 is 1.47 bits per heavy atom. The van der Waals surface area contributed by atoms with Gasteiger partial charge in [0.15, 0.2) is 5.41 Å². The van der Waals surface area contributed by atoms with Crippen LogP contribution in [0.15, 0.2) is 24.3 Å². The van der Waals surface area contributed by atoms with E-state index in [1.54, 1.807) is 0 Å². The van der Waals surface area contributed by atoms with E-state index in [-0.39, 0.29) is 6.08 Å². The van der Waals surface area contributed by atoms with Crippen LogP contribution in [0.2, 0.25) is 0 Å². The second-order valence-corrected chi connectivity index (χ2v) is 7.00. The van der Waals surface area contributed by atoms with Crippen molar-refractivity contribution in [3.05, 3.63) is 24.3 Å². The van der Waals surface area contributed by atoms with Crippen LogP contribution in [0.3, 0.4) is 0 Å². The van der Waals surface area contributed by atoms with Gasteiger partial charge in [-0.15, -0.1) is 0 Å². The van der Waals surface area contributed by atoms with Crippen molar-refractivity contribution in [2.75, 3.05) is 0 Å². The van der Waals surface area contributed by atoms with E-state index in [0.717, 1.165) is 18.2 Å². The molecular weight excluding hydrogens is 345 g/mol. The fourth-order valence-corrected chi connectivity index (χ4v) is 1.20. The minimum Gasteiger partial charge on any atom is -0.195 e. The van der Waals surface area contributed by atoms with Crippen LogP contribution in [0, 0.1) is 5.41 Å². The Labute approximate surface area is 113 Å². The zero-order valence-electron chi connectivity index (χ0n) is 8.76. The lowest BCUT2D eigenvalue weighted by molar-refractivity contribution is -0.320. The molecule has 0 spiro atoms. The first-order valence-corrected chi connectivity index (χ1v) is 7.46. The highest BCUT2D eigenvalue weighted by Crippen LogP contribution is 2.54. The van der Waals surface area contributed by atoms with Crippen LogP contribution in [-0.4, -0.2) is 20.8 Å². The molecule has 0 unspecified atom stereocenters. The number of hydrogen-bond donors (Lipinski definition) is 0. The van der Waals surface area contributed by atoms with E-state index in [4.69, 9.17) is 8.42 Å². The van der Waals surface area contributed by atoms with Crippen molar-refractivity contribution in [2.45, 2.75) is 18.8 Å². The lowest BCUT2D eigenvalue weighted by Gasteiger charge is -2.35. The molecule has 0 saturated heterocycles. The predicted octanol–water partition coefficient (Wildman–Crippen LogP) is 4.32. The predicted molar refractivity (Wildman–Crippen MR) is 58.1 cm³/mol. The molecular formula is C8H6Cl2F6O2S. The number of hydrogen-bond acceptors (Lipinski definition) is 2. The van der Waals surface area contributed by atoms with Gasteiger partial charge >= 0.3 is 20.6 Å². The van der Waals surface area contributed by atoms with Gasteiger partial charge in [0.2, 0.25) is 0 Å². The molecule has 0 amide bonds. The van der Waals surface area contributed by atoms with Crippen LogP contribution in [0.25, 0.3) is 0 Å². The highest BCUT2D eigenvalue weighted by molar-refractivity contribution is 8.31. The molecule has 19 heavy (non-hydrogen) atoms. The maximum absolute atomic E-state index is 12.3. The van der Waals surface area contributed by atoms with Crippen molar-refractivity contribution < 1.29 is 34.8 Å². The highest BCUT2D eigenvalue weighted by atomic mass is 36.0. The van der Waals surface area contributed by atoms with E-state index in [0.29, 0.717) is 0 Å². The van der Waals surface area contributed by atoms with Crippen LogP contribution in [-0.2, 0) is 8.26 Å². The van der Waals surface area contributed by atoms with Crippen molar-refractivity contribution in [3.63, 3.8) is 0 Å². The summed E-state index contributed by atoms with van der Waals surface area (Å²) in [6, 6.07) is 0. The van der Waals surface area contributed by atoms with Crippen LogP contribution in [0.1, 0.15) is 6.42 Å². The van der Waals surface area contributed by atoms with E-state index < -0.39 is 32.5 Å². The molecule has 11 heteroatoms. The summed E-state index contributed by atoms with van der Waals surface area (Å²) < 4.78 is 92.0. The second-order valence-electron chi connectivity index (χ2n) is 3.34. The van der Waals surface area contributed by atoms with Gasteiger partial charge < -0.3 is 0 Å². The number of rotatable bonds is 0. The van der Waals surface area contributed by atoms with E-state index in [9.17, 15) is 26.3 Å². The summed E-state index contributed by atoms with van der Waals surface area (Å²) in [4.78, 5) is 0. The maximum Gasteiger partial charge on any atom is 0.406 e. The van der Waals surface area contributed by atoms with Crippen LogP contribution < -0.4 is 0 Å². The smallest absolute Gasteiger partial charge is 0.195 e. The van der Waals surface area contributed by atoms with Gasteiger partial charge in [-0.05, 0) is 6.42 Å². The minimum absolute atomic E-state index is 0.160. The summed E-state index contributed by atoms with van der Waals surface area (Å²) in [6.07, 6.45) is -8.76. The number of allylic oxidation sites excluding steroid dienone is 4. The van der Waals surface area contributed by atoms with Crippen molar-refractivity contribution in [3.8, 4) is 0 Å². The van der Waals surface area contributed by atoms with E-state index in [1.807, 2.05) is 0 Å². The molecule has 1 aliphatic rings. The van der Waals surface area contributed by atoms with Gasteiger partial charge in [0.05, 0.1) is 0 Å². The SMILES string of the molecule is FC(F)(F)C1(C(F)(F)F)C=CC=CC1.O=S(=O)(Cl)Cl. The maximum atomic E-state index is 12.3. The molecule has 0 aromatic rings. The first-order chi connectivity index (χ1) is 8.21. The van der Waals surface area contributed by atoms with E-state index >= 15 is 0 Å². The molecule has 2 nitrogen and oxygen atoms in total. The van der Waals surface area contributed by atoms with Gasteiger partial charge in [-0.2, -0.15) is 34.8 Å². The average Bonchev–Trinajstić information content (AvgIpc) is 2.12. The number of halogens is 8. The summed E-state index contributed by atoms with van der Waals surface area (Å²) in [7, 11) is 4.81. The normalized spacial score (nSPS) is 18.7. The lowest BCUT2D eigenvalue weighted by Crippen LogP contribution is -2.48. The zero-order valence-corrected chi connectivity index (χ0v) is 11.1. The van der Waals surface area contributed by atoms with Gasteiger partial charge in [0.25, 0.3) is 0 Å². The lowest BCUT2D eigenvalue weighted by atomic mass is 9.80. The summed E-state index contributed by atoms with van der Waals surface area (Å²) in [5, 5.41) is 0. The molecule has 112 valence electrons. The largest absolute Gasteiger partial charge is 0.406 e. The van der Waals surface area contributed by atoms with Gasteiger partial charge in [0.1, 0.15) is 0 Å². The molecule has 0 heterocycles. The second kappa shape index (κ2) is 5.92. The van der Waals surface area contributed by atoms with Gasteiger partial charge in [-0.25, -0.2) is 0 Å². The molecule has 0 aromatic heterocycles. The van der Waals surface area contributed by atoms with E-state index in [1.165, 1.54) is 0 Å². The van der Waals surface area contributed by atoms with Gasteiger partial charge in [-0.1, -0.05) is 24.3 Å². The molecule has 0 N–H and O–H groups in total. The molecule has 0 fully saturated rings. The minimum atomic E-state index is -5.31. The molecule has 0 aliphatic heterocycles. The molecule has 1 rings (SSSR count). The molecule has 0 bridgehead atoms. The number of alkyl halides is 6. The Morgan fingerprint density at radius 1 is 0.947 bits per heavy atom. The van der Waals surface area contributed by atoms with Gasteiger partial charge in [-0.3, -0.25) is 0 Å². The van der Waals surface area contributed by atoms with Crippen molar-refractivity contribution in [1.82, 2.24) is 0 Å². The topological polar surface area (TPSA) is 34.1 Å².